The second kappa shape index (κ2) is 11.9. The van der Waals surface area contributed by atoms with E-state index in [0.717, 1.165) is 67.0 Å². The highest BCUT2D eigenvalue weighted by Gasteiger charge is 2.21. The van der Waals surface area contributed by atoms with Gasteiger partial charge in [-0.2, -0.15) is 0 Å². The van der Waals surface area contributed by atoms with E-state index in [0.29, 0.717) is 11.5 Å². The summed E-state index contributed by atoms with van der Waals surface area (Å²) >= 11 is 6.08. The third-order valence-corrected chi connectivity index (χ3v) is 6.56. The van der Waals surface area contributed by atoms with Crippen LogP contribution in [0.4, 0.5) is 28.6 Å². The number of nitrogens with one attached hydrogen (secondary N) is 4. The number of hydrogen-bond acceptors (Lipinski definition) is 7. The molecule has 1 aromatic heterocycles. The summed E-state index contributed by atoms with van der Waals surface area (Å²) in [7, 11) is 1.91. The normalized spacial score (nSPS) is 13.9. The van der Waals surface area contributed by atoms with Gasteiger partial charge in [0.25, 0.3) is 0 Å². The minimum absolute atomic E-state index is 0.127. The monoisotopic (exact) mass is 493 g/mol. The molecule has 0 unspecified atom stereocenters. The highest BCUT2D eigenvalue weighted by molar-refractivity contribution is 6.32. The van der Waals surface area contributed by atoms with Crippen molar-refractivity contribution in [1.29, 1.82) is 0 Å². The predicted molar refractivity (Wildman–Crippen MR) is 144 cm³/mol. The maximum atomic E-state index is 12.6. The molecule has 184 valence electrons. The van der Waals surface area contributed by atoms with Gasteiger partial charge in [0.2, 0.25) is 5.91 Å². The molecule has 1 fully saturated rings. The smallest absolute Gasteiger partial charge is 0.227 e. The van der Waals surface area contributed by atoms with Crippen LogP contribution in [0.3, 0.4) is 0 Å². The van der Waals surface area contributed by atoms with Gasteiger partial charge in [-0.25, -0.2) is 9.97 Å². The van der Waals surface area contributed by atoms with Crippen LogP contribution in [0.2, 0.25) is 5.15 Å². The maximum Gasteiger partial charge on any atom is 0.227 e. The van der Waals surface area contributed by atoms with E-state index in [4.69, 9.17) is 17.3 Å². The highest BCUT2D eigenvalue weighted by atomic mass is 35.5. The van der Waals surface area contributed by atoms with Crippen LogP contribution in [0.1, 0.15) is 32.1 Å². The van der Waals surface area contributed by atoms with Gasteiger partial charge in [-0.05, 0) is 55.3 Å². The second-order valence-corrected chi connectivity index (χ2v) is 9.10. The Morgan fingerprint density at radius 1 is 1.00 bits per heavy atom. The number of nitrogen functional groups attached to an aromatic ring is 1. The molecule has 8 nitrogen and oxygen atoms in total. The van der Waals surface area contributed by atoms with Crippen molar-refractivity contribution in [1.82, 2.24) is 15.3 Å². The van der Waals surface area contributed by atoms with Crippen LogP contribution >= 0.6 is 11.6 Å². The van der Waals surface area contributed by atoms with Crippen molar-refractivity contribution in [3.8, 4) is 11.1 Å². The average Bonchev–Trinajstić information content (AvgIpc) is 2.88. The van der Waals surface area contributed by atoms with Gasteiger partial charge in [0.1, 0.15) is 12.0 Å². The van der Waals surface area contributed by atoms with Crippen molar-refractivity contribution in [2.75, 3.05) is 41.8 Å². The number of benzene rings is 2. The van der Waals surface area contributed by atoms with Gasteiger partial charge in [0, 0.05) is 24.7 Å². The Kier molecular flexibility index (Phi) is 8.39. The predicted octanol–water partition coefficient (Wildman–Crippen LogP) is 5.27. The van der Waals surface area contributed by atoms with E-state index >= 15 is 0 Å². The van der Waals surface area contributed by atoms with E-state index in [2.05, 4.69) is 37.3 Å². The first-order valence-electron chi connectivity index (χ1n) is 12.0. The molecule has 1 aliphatic rings. The van der Waals surface area contributed by atoms with Crippen molar-refractivity contribution in [2.45, 2.75) is 32.1 Å². The lowest BCUT2D eigenvalue weighted by Gasteiger charge is -2.20. The summed E-state index contributed by atoms with van der Waals surface area (Å²) in [6, 6.07) is 14.0. The van der Waals surface area contributed by atoms with Crippen molar-refractivity contribution in [3.05, 3.63) is 53.9 Å². The largest absolute Gasteiger partial charge is 0.393 e. The fourth-order valence-electron chi connectivity index (χ4n) is 4.26. The van der Waals surface area contributed by atoms with Crippen LogP contribution < -0.4 is 27.0 Å². The van der Waals surface area contributed by atoms with Crippen LogP contribution in [-0.2, 0) is 4.79 Å². The average molecular weight is 494 g/mol. The molecule has 0 saturated heterocycles. The van der Waals surface area contributed by atoms with Gasteiger partial charge >= 0.3 is 0 Å². The molecule has 1 aliphatic carbocycles. The second-order valence-electron chi connectivity index (χ2n) is 8.74. The zero-order valence-electron chi connectivity index (χ0n) is 19.9. The lowest BCUT2D eigenvalue weighted by Crippen LogP contribution is -2.24. The Bertz CT molecular complexity index is 1150. The van der Waals surface area contributed by atoms with E-state index in [1.807, 2.05) is 43.4 Å². The van der Waals surface area contributed by atoms with Crippen LogP contribution in [0.5, 0.6) is 0 Å². The fourth-order valence-corrected chi connectivity index (χ4v) is 4.39. The van der Waals surface area contributed by atoms with Gasteiger partial charge in [-0.3, -0.25) is 4.79 Å². The molecule has 0 atom stereocenters. The molecule has 1 heterocycles. The van der Waals surface area contributed by atoms with E-state index in [1.54, 1.807) is 0 Å². The number of nitrogens with two attached hydrogens (primary N) is 1. The van der Waals surface area contributed by atoms with E-state index in [9.17, 15) is 4.79 Å². The third kappa shape index (κ3) is 6.41. The SMILES string of the molecule is CNCCNc1ccc(-c2ccc(NC(=O)C3CCCCC3)cc2)cc1Nc1ncnc(Cl)c1N. The van der Waals surface area contributed by atoms with Gasteiger partial charge in [-0.1, -0.05) is 49.1 Å². The summed E-state index contributed by atoms with van der Waals surface area (Å²) in [6.45, 7) is 1.57. The van der Waals surface area contributed by atoms with Gasteiger partial charge in [0.05, 0.1) is 11.4 Å². The van der Waals surface area contributed by atoms with E-state index < -0.39 is 0 Å². The number of nitrogens with zero attached hydrogens (tertiary/aromatic N) is 2. The number of aromatic nitrogens is 2. The molecule has 35 heavy (non-hydrogen) atoms. The van der Waals surface area contributed by atoms with Gasteiger partial charge in [0.15, 0.2) is 11.0 Å². The minimum atomic E-state index is 0.127. The van der Waals surface area contributed by atoms with Crippen LogP contribution in [-0.4, -0.2) is 36.0 Å². The number of amides is 1. The number of carbonyl (C=O) groups excluding carboxylic acids is 1. The van der Waals surface area contributed by atoms with E-state index in [1.165, 1.54) is 12.7 Å². The number of carbonyl (C=O) groups is 1. The summed E-state index contributed by atoms with van der Waals surface area (Å²) in [5.41, 5.74) is 10.9. The van der Waals surface area contributed by atoms with Gasteiger partial charge < -0.3 is 27.0 Å². The van der Waals surface area contributed by atoms with Gasteiger partial charge in [-0.15, -0.1) is 0 Å². The topological polar surface area (TPSA) is 117 Å². The first kappa shape index (κ1) is 24.8. The van der Waals surface area contributed by atoms with Crippen LogP contribution in [0.25, 0.3) is 11.1 Å². The molecule has 3 aromatic rings. The lowest BCUT2D eigenvalue weighted by molar-refractivity contribution is -0.120. The highest BCUT2D eigenvalue weighted by Crippen LogP contribution is 2.34. The van der Waals surface area contributed by atoms with Crippen molar-refractivity contribution in [2.24, 2.45) is 5.92 Å². The third-order valence-electron chi connectivity index (χ3n) is 6.26. The fraction of sp³-hybridized carbons (Fsp3) is 0.346. The molecule has 2 aromatic carbocycles. The zero-order chi connectivity index (χ0) is 24.6. The Labute approximate surface area is 211 Å². The number of likely N-dealkylation sites (N-methyl/N-ethyl adjacent to an activating group) is 1. The van der Waals surface area contributed by atoms with Crippen LogP contribution in [0, 0.1) is 5.92 Å². The van der Waals surface area contributed by atoms with Crippen molar-refractivity contribution < 1.29 is 4.79 Å². The Hall–Kier alpha value is -3.36. The summed E-state index contributed by atoms with van der Waals surface area (Å²) in [5.74, 6) is 0.698. The molecule has 4 rings (SSSR count). The van der Waals surface area contributed by atoms with Crippen molar-refractivity contribution in [3.63, 3.8) is 0 Å². The molecule has 0 aliphatic heterocycles. The lowest BCUT2D eigenvalue weighted by atomic mass is 9.88. The van der Waals surface area contributed by atoms with Crippen molar-refractivity contribution >= 4 is 46.1 Å². The number of halogens is 1. The minimum Gasteiger partial charge on any atom is -0.393 e. The van der Waals surface area contributed by atoms with E-state index in [-0.39, 0.29) is 17.0 Å². The first-order valence-corrected chi connectivity index (χ1v) is 12.4. The molecule has 9 heteroatoms. The summed E-state index contributed by atoms with van der Waals surface area (Å²) in [4.78, 5) is 20.7. The molecule has 1 saturated carbocycles. The van der Waals surface area contributed by atoms with Crippen LogP contribution in [0.15, 0.2) is 48.8 Å². The maximum absolute atomic E-state index is 12.6. The number of anilines is 5. The summed E-state index contributed by atoms with van der Waals surface area (Å²) in [6.07, 6.45) is 6.85. The Morgan fingerprint density at radius 2 is 1.74 bits per heavy atom. The quantitative estimate of drug-likeness (QED) is 0.203. The Balaban J connectivity index is 1.54. The molecular weight excluding hydrogens is 462 g/mol. The zero-order valence-corrected chi connectivity index (χ0v) is 20.7. The standard InChI is InChI=1S/C26H32ClN7O/c1-29-13-14-30-21-12-9-19(15-22(21)34-25-23(28)24(27)31-16-32-25)17-7-10-20(11-8-17)33-26(35)18-5-3-2-4-6-18/h7-12,15-16,18,29-30H,2-6,13-14,28H2,1H3,(H,33,35)(H,31,32,34). The molecule has 0 radical (unpaired) electrons. The molecule has 1 amide bonds. The number of rotatable bonds is 9. The summed E-state index contributed by atoms with van der Waals surface area (Å²) in [5, 5.41) is 13.1. The molecular formula is C26H32ClN7O. The molecule has 0 bridgehead atoms. The molecule has 6 N–H and O–H groups in total. The molecule has 0 spiro atoms. The first-order chi connectivity index (χ1) is 17.0. The summed E-state index contributed by atoms with van der Waals surface area (Å²) < 4.78 is 0. The number of hydrogen-bond donors (Lipinski definition) is 5. The Morgan fingerprint density at radius 3 is 2.49 bits per heavy atom.